The average molecular weight is 888 g/mol. The number of allylic oxidation sites excluding steroid dienone is 2. The number of aromatic nitrogens is 4. The number of anilines is 1. The fraction of sp³-hybridized carbons (Fsp3) is 0.655. The number of carbonyl (C=O) groups excluding carboxylic acids is 3. The summed E-state index contributed by atoms with van der Waals surface area (Å²) >= 11 is 1.10. The van der Waals surface area contributed by atoms with Crippen LogP contribution in [0.4, 0.5) is 5.82 Å². The molecule has 0 spiro atoms. The third-order valence-electron chi connectivity index (χ3n) is 7.98. The van der Waals surface area contributed by atoms with Crippen LogP contribution in [0.3, 0.4) is 0 Å². The molecule has 1 aliphatic rings. The predicted octanol–water partition coefficient (Wildman–Crippen LogP) is -1.73. The quantitative estimate of drug-likeness (QED) is 0.0444. The van der Waals surface area contributed by atoms with Gasteiger partial charge in [0.1, 0.15) is 36.3 Å². The van der Waals surface area contributed by atoms with E-state index in [0.717, 1.165) is 48.2 Å². The molecule has 7 atom stereocenters. The van der Waals surface area contributed by atoms with E-state index in [1.165, 1.54) is 13.8 Å². The van der Waals surface area contributed by atoms with Gasteiger partial charge in [-0.1, -0.05) is 37.8 Å². The standard InChI is InChI=1S/C29H48N7O17P3S/c1-4-5-6-7-8-9-20(38)57-13-12-31-19(37)10-11-32-27(41)24(40)29(2,3)15-50-56(47,48)53-55(45,46)49-14-18-23(52-54(42,43)44)22(39)28(51-18)36-17-35-21-25(30)33-16-34-26(21)36/h4-5,16-18,22-24,28,39-40H,6-15H2,1-3H3,(H,31,37)(H,32,41)(H,45,46)(H,47,48)(H2,30,33,34)(H2,42,43,44)/p-4/b5-4-/t18-,22-,23-,24+,28-/m1/s1. The molecule has 1 aliphatic heterocycles. The first kappa shape index (κ1) is 48.7. The van der Waals surface area contributed by atoms with E-state index >= 15 is 0 Å². The SMILES string of the molecule is C/C=C\CCCCC(=O)SCCNC(=O)CCNC(=O)[C@H](O)C(C)(C)COP(=O)([O-])OP(=O)([O-])OC[C@H]1O[C@@H](n2cnc3c(N)ncnc32)[C@H](O)[C@@H]1OP(=O)([O-])[O-]. The monoisotopic (exact) mass is 887 g/mol. The summed E-state index contributed by atoms with van der Waals surface area (Å²) in [6.07, 6.45) is -0.578. The molecule has 2 aromatic heterocycles. The Bertz CT molecular complexity index is 1860. The first-order valence-electron chi connectivity index (χ1n) is 17.1. The minimum atomic E-state index is -5.91. The number of thioether (sulfide) groups is 1. The number of hydrogen-bond donors (Lipinski definition) is 5. The molecule has 57 heavy (non-hydrogen) atoms. The van der Waals surface area contributed by atoms with E-state index in [-0.39, 0.29) is 41.6 Å². The highest BCUT2D eigenvalue weighted by molar-refractivity contribution is 8.13. The minimum absolute atomic E-state index is 0.0188. The van der Waals surface area contributed by atoms with Crippen LogP contribution in [0.15, 0.2) is 24.8 Å². The van der Waals surface area contributed by atoms with Crippen molar-refractivity contribution in [3.05, 3.63) is 24.8 Å². The number of ether oxygens (including phenoxy) is 1. The van der Waals surface area contributed by atoms with Gasteiger partial charge in [-0.2, -0.15) is 0 Å². The number of amides is 2. The number of aliphatic hydroxyl groups is 2. The van der Waals surface area contributed by atoms with Crippen LogP contribution >= 0.6 is 35.2 Å². The van der Waals surface area contributed by atoms with Gasteiger partial charge in [-0.15, -0.1) is 0 Å². The van der Waals surface area contributed by atoms with Crippen LogP contribution in [-0.4, -0.2) is 103 Å². The van der Waals surface area contributed by atoms with Gasteiger partial charge in [0.15, 0.2) is 22.8 Å². The van der Waals surface area contributed by atoms with E-state index in [2.05, 4.69) is 43.5 Å². The van der Waals surface area contributed by atoms with Gasteiger partial charge in [0, 0.05) is 37.1 Å². The molecule has 0 saturated carbocycles. The van der Waals surface area contributed by atoms with Crippen molar-refractivity contribution in [2.75, 3.05) is 37.8 Å². The van der Waals surface area contributed by atoms with Gasteiger partial charge in [0.05, 0.1) is 27.4 Å². The Hall–Kier alpha value is -2.70. The highest BCUT2D eigenvalue weighted by Crippen LogP contribution is 2.56. The number of fused-ring (bicyclic) bond motifs is 1. The molecule has 1 fully saturated rings. The number of nitrogens with one attached hydrogen (secondary N) is 2. The fourth-order valence-electron chi connectivity index (χ4n) is 5.04. The number of unbranched alkanes of at least 4 members (excludes halogenated alkanes) is 2. The van der Waals surface area contributed by atoms with Crippen molar-refractivity contribution in [3.63, 3.8) is 0 Å². The van der Waals surface area contributed by atoms with Crippen LogP contribution in [-0.2, 0) is 50.7 Å². The molecule has 0 bridgehead atoms. The molecule has 3 heterocycles. The molecule has 2 amide bonds. The molecular weight excluding hydrogens is 843 g/mol. The number of rotatable bonds is 24. The third kappa shape index (κ3) is 15.8. The Morgan fingerprint density at radius 3 is 2.46 bits per heavy atom. The van der Waals surface area contributed by atoms with Gasteiger partial charge in [-0.05, 0) is 26.2 Å². The van der Waals surface area contributed by atoms with Crippen LogP contribution in [0.25, 0.3) is 11.2 Å². The van der Waals surface area contributed by atoms with Crippen molar-refractivity contribution >= 4 is 69.1 Å². The van der Waals surface area contributed by atoms with Crippen molar-refractivity contribution in [2.24, 2.45) is 5.41 Å². The number of nitrogens with two attached hydrogens (primary N) is 1. The minimum Gasteiger partial charge on any atom is -0.790 e. The van der Waals surface area contributed by atoms with E-state index in [1.54, 1.807) is 0 Å². The maximum absolute atomic E-state index is 12.5. The Morgan fingerprint density at radius 1 is 1.07 bits per heavy atom. The lowest BCUT2D eigenvalue weighted by molar-refractivity contribution is -0.347. The van der Waals surface area contributed by atoms with Crippen molar-refractivity contribution < 1.29 is 80.5 Å². The maximum atomic E-state index is 12.5. The molecule has 1 saturated heterocycles. The number of phosphoric ester groups is 3. The summed E-state index contributed by atoms with van der Waals surface area (Å²) in [5.41, 5.74) is 4.07. The molecular formula is C29H44N7O17P3S-4. The molecule has 2 aromatic rings. The molecule has 6 N–H and O–H groups in total. The molecule has 0 aliphatic carbocycles. The van der Waals surface area contributed by atoms with Gasteiger partial charge in [0.2, 0.25) is 11.8 Å². The topological polar surface area (TPSA) is 375 Å². The zero-order valence-corrected chi connectivity index (χ0v) is 34.4. The van der Waals surface area contributed by atoms with Gasteiger partial charge >= 0.3 is 0 Å². The number of aliphatic hydroxyl groups excluding tert-OH is 2. The zero-order valence-electron chi connectivity index (χ0n) is 30.9. The zero-order chi connectivity index (χ0) is 42.6. The van der Waals surface area contributed by atoms with E-state index in [9.17, 15) is 57.9 Å². The predicted molar refractivity (Wildman–Crippen MR) is 192 cm³/mol. The first-order chi connectivity index (χ1) is 26.6. The van der Waals surface area contributed by atoms with Gasteiger partial charge in [0.25, 0.3) is 15.6 Å². The number of nitrogen functional groups attached to an aromatic ring is 1. The molecule has 0 radical (unpaired) electrons. The summed E-state index contributed by atoms with van der Waals surface area (Å²) in [5, 5.41) is 26.3. The lowest BCUT2D eigenvalue weighted by Crippen LogP contribution is -2.46. The Kier molecular flexibility index (Phi) is 18.4. The molecule has 0 aromatic carbocycles. The summed E-state index contributed by atoms with van der Waals surface area (Å²) in [4.78, 5) is 96.0. The highest BCUT2D eigenvalue weighted by Gasteiger charge is 2.47. The molecule has 28 heteroatoms. The molecule has 2 unspecified atom stereocenters. The number of hydrogen-bond acceptors (Lipinski definition) is 22. The average Bonchev–Trinajstić information content (AvgIpc) is 3.68. The van der Waals surface area contributed by atoms with Crippen molar-refractivity contribution in [2.45, 2.75) is 83.5 Å². The normalized spacial score (nSPS) is 21.6. The second-order valence-corrected chi connectivity index (χ2v) is 18.2. The fourth-order valence-corrected chi connectivity index (χ4v) is 8.50. The van der Waals surface area contributed by atoms with E-state index < -0.39 is 84.6 Å². The largest absolute Gasteiger partial charge is 0.790 e. The summed E-state index contributed by atoms with van der Waals surface area (Å²) in [7, 11) is -17.6. The van der Waals surface area contributed by atoms with E-state index in [4.69, 9.17) is 10.5 Å². The van der Waals surface area contributed by atoms with Gasteiger partial charge in [-0.3, -0.25) is 28.1 Å². The van der Waals surface area contributed by atoms with Crippen molar-refractivity contribution in [3.8, 4) is 0 Å². The molecule has 3 rings (SSSR count). The van der Waals surface area contributed by atoms with Crippen molar-refractivity contribution in [1.29, 1.82) is 0 Å². The lowest BCUT2D eigenvalue weighted by Gasteiger charge is -2.36. The van der Waals surface area contributed by atoms with Crippen LogP contribution < -0.4 is 35.9 Å². The van der Waals surface area contributed by atoms with Crippen LogP contribution in [0.1, 0.15) is 59.1 Å². The summed E-state index contributed by atoms with van der Waals surface area (Å²) in [6, 6.07) is 0. The number of phosphoric acid groups is 3. The third-order valence-corrected chi connectivity index (χ3v) is 11.9. The summed E-state index contributed by atoms with van der Waals surface area (Å²) in [6.45, 7) is 2.06. The molecule has 322 valence electrons. The summed E-state index contributed by atoms with van der Waals surface area (Å²) < 4.78 is 60.5. The van der Waals surface area contributed by atoms with Gasteiger partial charge < -0.3 is 69.0 Å². The highest BCUT2D eigenvalue weighted by atomic mass is 32.2. The second kappa shape index (κ2) is 21.5. The van der Waals surface area contributed by atoms with Crippen LogP contribution in [0.5, 0.6) is 0 Å². The number of nitrogens with zero attached hydrogens (tertiary/aromatic N) is 4. The van der Waals surface area contributed by atoms with Crippen LogP contribution in [0.2, 0.25) is 0 Å². The van der Waals surface area contributed by atoms with E-state index in [0.29, 0.717) is 12.2 Å². The van der Waals surface area contributed by atoms with E-state index in [1.807, 2.05) is 19.1 Å². The Balaban J connectivity index is 1.45. The second-order valence-electron chi connectivity index (χ2n) is 13.0. The smallest absolute Gasteiger partial charge is 0.274 e. The lowest BCUT2D eigenvalue weighted by atomic mass is 9.87. The first-order valence-corrected chi connectivity index (χ1v) is 22.5. The van der Waals surface area contributed by atoms with Crippen molar-refractivity contribution in [1.82, 2.24) is 30.2 Å². The van der Waals surface area contributed by atoms with Crippen LogP contribution in [0, 0.1) is 5.41 Å². The maximum Gasteiger partial charge on any atom is 0.274 e. The molecule has 24 nitrogen and oxygen atoms in total. The number of imidazole rings is 1. The summed E-state index contributed by atoms with van der Waals surface area (Å²) in [5.74, 6) is -1.17. The Labute approximate surface area is 330 Å². The number of carbonyl (C=O) groups is 3. The van der Waals surface area contributed by atoms with Gasteiger partial charge in [-0.25, -0.2) is 19.3 Å². The Morgan fingerprint density at radius 2 is 1.77 bits per heavy atom.